The van der Waals surface area contributed by atoms with Gasteiger partial charge in [-0.05, 0) is 34.5 Å². The molecule has 0 aliphatic rings. The van der Waals surface area contributed by atoms with Gasteiger partial charge in [-0.3, -0.25) is 0 Å². The lowest BCUT2D eigenvalue weighted by Gasteiger charge is -2.05. The van der Waals surface area contributed by atoms with E-state index in [-0.39, 0.29) is 16.1 Å². The average Bonchev–Trinajstić information content (AvgIpc) is 2.29. The molecule has 0 unspecified atom stereocenters. The number of hydrogen-bond acceptors (Lipinski definition) is 2. The van der Waals surface area contributed by atoms with Gasteiger partial charge in [-0.1, -0.05) is 35.3 Å². The van der Waals surface area contributed by atoms with E-state index in [4.69, 9.17) is 23.2 Å². The molecule has 0 radical (unpaired) electrons. The van der Waals surface area contributed by atoms with E-state index in [1.54, 1.807) is 19.1 Å². The van der Waals surface area contributed by atoms with Crippen LogP contribution in [-0.2, 0) is 0 Å². The van der Waals surface area contributed by atoms with Crippen molar-refractivity contribution in [1.29, 1.82) is 0 Å². The first-order valence-electron chi connectivity index (χ1n) is 4.64. The van der Waals surface area contributed by atoms with E-state index in [9.17, 15) is 4.39 Å². The summed E-state index contributed by atoms with van der Waals surface area (Å²) in [6, 6.07) is 4.72. The largest absolute Gasteiger partial charge is 0.215 e. The fraction of sp³-hybridized carbons (Fsp3) is 0.0909. The van der Waals surface area contributed by atoms with Crippen LogP contribution < -0.4 is 0 Å². The second kappa shape index (κ2) is 4.88. The fourth-order valence-electron chi connectivity index (χ4n) is 1.26. The van der Waals surface area contributed by atoms with E-state index in [1.165, 1.54) is 6.07 Å². The molecule has 0 saturated carbocycles. The van der Waals surface area contributed by atoms with Crippen LogP contribution in [0.3, 0.4) is 0 Å². The molecule has 2 rings (SSSR count). The van der Waals surface area contributed by atoms with Gasteiger partial charge in [0.1, 0.15) is 16.1 Å². The first-order valence-corrected chi connectivity index (χ1v) is 6.19. The number of halogens is 4. The molecule has 88 valence electrons. The number of rotatable bonds is 1. The van der Waals surface area contributed by atoms with Crippen molar-refractivity contribution in [3.63, 3.8) is 0 Å². The number of hydrogen-bond donors (Lipinski definition) is 0. The van der Waals surface area contributed by atoms with Crippen molar-refractivity contribution in [2.24, 2.45) is 0 Å². The molecule has 0 fully saturated rings. The van der Waals surface area contributed by atoms with Crippen LogP contribution in [0.15, 0.2) is 22.7 Å². The molecule has 1 aromatic heterocycles. The minimum Gasteiger partial charge on any atom is -0.215 e. The summed E-state index contributed by atoms with van der Waals surface area (Å²) < 4.78 is 13.8. The normalized spacial score (nSPS) is 10.6. The maximum atomic E-state index is 13.4. The van der Waals surface area contributed by atoms with Gasteiger partial charge in [0.15, 0.2) is 5.82 Å². The van der Waals surface area contributed by atoms with Crippen LogP contribution in [0.1, 0.15) is 5.56 Å². The molecule has 0 saturated heterocycles. The van der Waals surface area contributed by atoms with Gasteiger partial charge in [-0.25, -0.2) is 14.4 Å². The minimum absolute atomic E-state index is 0.195. The van der Waals surface area contributed by atoms with Crippen LogP contribution in [0, 0.1) is 12.7 Å². The summed E-state index contributed by atoms with van der Waals surface area (Å²) in [5.74, 6) is -0.0247. The van der Waals surface area contributed by atoms with E-state index in [0.717, 1.165) is 0 Å². The van der Waals surface area contributed by atoms with Crippen molar-refractivity contribution in [2.75, 3.05) is 0 Å². The Labute approximate surface area is 116 Å². The summed E-state index contributed by atoms with van der Waals surface area (Å²) in [6.07, 6.45) is 0. The Morgan fingerprint density at radius 1 is 1.18 bits per heavy atom. The van der Waals surface area contributed by atoms with E-state index >= 15 is 0 Å². The maximum Gasteiger partial charge on any atom is 0.162 e. The number of benzene rings is 1. The molecule has 1 heterocycles. The molecule has 2 aromatic rings. The Bertz CT molecular complexity index is 567. The highest BCUT2D eigenvalue weighted by molar-refractivity contribution is 9.10. The zero-order valence-electron chi connectivity index (χ0n) is 8.64. The molecular formula is C11H6BrCl2FN2. The molecule has 0 spiro atoms. The molecule has 1 aromatic carbocycles. The highest BCUT2D eigenvalue weighted by atomic mass is 79.9. The Balaban J connectivity index is 2.57. The van der Waals surface area contributed by atoms with Gasteiger partial charge in [0.25, 0.3) is 0 Å². The lowest BCUT2D eigenvalue weighted by atomic mass is 10.1. The highest BCUT2D eigenvalue weighted by Gasteiger charge is 2.11. The molecular weight excluding hydrogens is 330 g/mol. The molecule has 0 N–H and O–H groups in total. The Morgan fingerprint density at radius 3 is 2.29 bits per heavy atom. The SMILES string of the molecule is Cc1ccc(-c2nc(Cl)c(Br)c(Cl)n2)cc1F. The monoisotopic (exact) mass is 334 g/mol. The lowest BCUT2D eigenvalue weighted by molar-refractivity contribution is 0.619. The molecule has 0 atom stereocenters. The topological polar surface area (TPSA) is 25.8 Å². The van der Waals surface area contributed by atoms with E-state index in [0.29, 0.717) is 21.4 Å². The number of aryl methyl sites for hydroxylation is 1. The van der Waals surface area contributed by atoms with Crippen LogP contribution in [0.2, 0.25) is 10.3 Å². The van der Waals surface area contributed by atoms with Crippen LogP contribution in [-0.4, -0.2) is 9.97 Å². The molecule has 0 aliphatic heterocycles. The summed E-state index contributed by atoms with van der Waals surface area (Å²) in [5, 5.41) is 0.391. The van der Waals surface area contributed by atoms with Crippen molar-refractivity contribution in [3.8, 4) is 11.4 Å². The Kier molecular flexibility index (Phi) is 3.66. The van der Waals surface area contributed by atoms with Crippen LogP contribution in [0.5, 0.6) is 0 Å². The first kappa shape index (κ1) is 12.7. The third-order valence-corrected chi connectivity index (χ3v) is 3.96. The zero-order valence-corrected chi connectivity index (χ0v) is 11.7. The van der Waals surface area contributed by atoms with Gasteiger partial charge in [-0.2, -0.15) is 0 Å². The summed E-state index contributed by atoms with van der Waals surface area (Å²) in [6.45, 7) is 1.68. The van der Waals surface area contributed by atoms with Crippen LogP contribution in [0.4, 0.5) is 4.39 Å². The van der Waals surface area contributed by atoms with E-state index in [2.05, 4.69) is 25.9 Å². The van der Waals surface area contributed by atoms with Gasteiger partial charge in [0.2, 0.25) is 0 Å². The molecule has 0 amide bonds. The minimum atomic E-state index is -0.318. The average molecular weight is 336 g/mol. The predicted molar refractivity (Wildman–Crippen MR) is 69.9 cm³/mol. The second-order valence-corrected chi connectivity index (χ2v) is 4.92. The summed E-state index contributed by atoms with van der Waals surface area (Å²) in [5.41, 5.74) is 1.09. The molecule has 6 heteroatoms. The molecule has 17 heavy (non-hydrogen) atoms. The molecule has 2 nitrogen and oxygen atoms in total. The van der Waals surface area contributed by atoms with E-state index < -0.39 is 0 Å². The van der Waals surface area contributed by atoms with Gasteiger partial charge in [0, 0.05) is 5.56 Å². The van der Waals surface area contributed by atoms with Crippen molar-refractivity contribution < 1.29 is 4.39 Å². The quantitative estimate of drug-likeness (QED) is 0.708. The lowest BCUT2D eigenvalue weighted by Crippen LogP contribution is -1.93. The number of nitrogens with zero attached hydrogens (tertiary/aromatic N) is 2. The van der Waals surface area contributed by atoms with Crippen molar-refractivity contribution in [1.82, 2.24) is 9.97 Å². The Hall–Kier alpha value is -0.710. The van der Waals surface area contributed by atoms with Gasteiger partial charge in [0.05, 0.1) is 4.47 Å². The highest BCUT2D eigenvalue weighted by Crippen LogP contribution is 2.30. The van der Waals surface area contributed by atoms with Gasteiger partial charge in [-0.15, -0.1) is 0 Å². The third-order valence-electron chi connectivity index (χ3n) is 2.20. The second-order valence-electron chi connectivity index (χ2n) is 3.41. The predicted octanol–water partition coefficient (Wildman–Crippen LogP) is 4.66. The molecule has 0 aliphatic carbocycles. The smallest absolute Gasteiger partial charge is 0.162 e. The standard InChI is InChI=1S/C11H6BrCl2FN2/c1-5-2-3-6(4-7(5)15)11-16-9(13)8(12)10(14)17-11/h2-4H,1H3. The summed E-state index contributed by atoms with van der Waals surface area (Å²) in [7, 11) is 0. The maximum absolute atomic E-state index is 13.4. The van der Waals surface area contributed by atoms with E-state index in [1.807, 2.05) is 0 Å². The van der Waals surface area contributed by atoms with Crippen molar-refractivity contribution in [2.45, 2.75) is 6.92 Å². The zero-order chi connectivity index (χ0) is 12.6. The Morgan fingerprint density at radius 2 is 1.76 bits per heavy atom. The number of aromatic nitrogens is 2. The van der Waals surface area contributed by atoms with Gasteiger partial charge >= 0.3 is 0 Å². The summed E-state index contributed by atoms with van der Waals surface area (Å²) >= 11 is 14.9. The van der Waals surface area contributed by atoms with Gasteiger partial charge < -0.3 is 0 Å². The third kappa shape index (κ3) is 2.59. The van der Waals surface area contributed by atoms with Crippen LogP contribution >= 0.6 is 39.1 Å². The van der Waals surface area contributed by atoms with Crippen LogP contribution in [0.25, 0.3) is 11.4 Å². The van der Waals surface area contributed by atoms with Crippen molar-refractivity contribution in [3.05, 3.63) is 44.4 Å². The molecule has 0 bridgehead atoms. The first-order chi connectivity index (χ1) is 7.99. The fourth-order valence-corrected chi connectivity index (χ4v) is 1.82. The summed E-state index contributed by atoms with van der Waals surface area (Å²) in [4.78, 5) is 8.06. The van der Waals surface area contributed by atoms with Crippen molar-refractivity contribution >= 4 is 39.1 Å².